The quantitative estimate of drug-likeness (QED) is 0.427. The topological polar surface area (TPSA) is 0 Å². The molecule has 0 heterocycles. The molecule has 0 N–H and O–H groups in total. The highest BCUT2D eigenvalue weighted by molar-refractivity contribution is 4.60. The number of hydrogen-bond acceptors (Lipinski definition) is 0. The Morgan fingerprint density at radius 1 is 1.67 bits per heavy atom. The molecular weight excluding hydrogens is 72.1 g/mol. The van der Waals surface area contributed by atoms with E-state index in [1.54, 1.807) is 6.92 Å². The fourth-order valence-electron chi connectivity index (χ4n) is 0.429. The van der Waals surface area contributed by atoms with Gasteiger partial charge in [-0.25, -0.2) is 0 Å². The fraction of sp³-hybridized carbons (Fsp3) is 1.00. The highest BCUT2D eigenvalue weighted by Gasteiger charge is 2.07. The van der Waals surface area contributed by atoms with E-state index in [2.05, 4.69) is 0 Å². The minimum absolute atomic E-state index is 0.0486. The van der Waals surface area contributed by atoms with Crippen molar-refractivity contribution in [1.29, 1.82) is 0 Å². The van der Waals surface area contributed by atoms with Crippen LogP contribution in [0.4, 0.5) is 0 Å². The van der Waals surface area contributed by atoms with Crippen LogP contribution in [-0.4, -0.2) is 0 Å². The lowest BCUT2D eigenvalue weighted by Crippen LogP contribution is -1.78. The maximum atomic E-state index is 7.40. The van der Waals surface area contributed by atoms with Crippen molar-refractivity contribution in [2.75, 3.05) is 0 Å². The molecule has 0 radical (unpaired) electrons. The van der Waals surface area contributed by atoms with Gasteiger partial charge in [-0.1, -0.05) is 32.5 Å². The zero-order chi connectivity index (χ0) is 9.78. The minimum atomic E-state index is -2.38. The molecule has 0 aromatic rings. The molecule has 0 aliphatic heterocycles. The Morgan fingerprint density at radius 3 is 2.67 bits per heavy atom. The molecule has 1 rings (SSSR count). The molecule has 1 atom stereocenters. The molecule has 1 saturated carbocycles. The van der Waals surface area contributed by atoms with Crippen molar-refractivity contribution in [3.63, 3.8) is 0 Å². The Morgan fingerprint density at radius 2 is 2.50 bits per heavy atom. The molecule has 0 amide bonds. The molecule has 0 saturated heterocycles. The van der Waals surface area contributed by atoms with Crippen LogP contribution in [0.2, 0.25) is 0 Å². The van der Waals surface area contributed by atoms with E-state index in [4.69, 9.17) is 8.22 Å². The van der Waals surface area contributed by atoms with Crippen molar-refractivity contribution in [2.45, 2.75) is 32.5 Å². The Labute approximate surface area is 48.0 Å². The van der Waals surface area contributed by atoms with Crippen LogP contribution in [0.15, 0.2) is 0 Å². The van der Waals surface area contributed by atoms with Crippen LogP contribution in [0.3, 0.4) is 0 Å². The third kappa shape index (κ3) is 0.735. The van der Waals surface area contributed by atoms with E-state index in [0.717, 1.165) is 0 Å². The summed E-state index contributed by atoms with van der Waals surface area (Å²) < 4.78 is 44.1. The van der Waals surface area contributed by atoms with Gasteiger partial charge in [-0.05, 0) is 5.92 Å². The molecule has 1 aliphatic carbocycles. The summed E-state index contributed by atoms with van der Waals surface area (Å²) in [6.45, 7) is 1.54. The first-order valence-electron chi connectivity index (χ1n) is 5.13. The van der Waals surface area contributed by atoms with E-state index in [-0.39, 0.29) is 6.42 Å². The van der Waals surface area contributed by atoms with Crippen molar-refractivity contribution >= 4 is 0 Å². The van der Waals surface area contributed by atoms with Gasteiger partial charge < -0.3 is 0 Å². The Bertz CT molecular complexity index is 196. The molecule has 0 spiro atoms. The minimum Gasteiger partial charge on any atom is -0.0625 e. The molecule has 0 aromatic heterocycles. The molecular formula is C6H12. The van der Waals surface area contributed by atoms with Crippen molar-refractivity contribution in [3.8, 4) is 0 Å². The van der Waals surface area contributed by atoms with Gasteiger partial charge in [0.1, 0.15) is 0 Å². The summed E-state index contributed by atoms with van der Waals surface area (Å²) in [5.41, 5.74) is 0. The fourth-order valence-corrected chi connectivity index (χ4v) is 0.429. The largest absolute Gasteiger partial charge is 0.0625 e. The average molecular weight is 90.2 g/mol. The molecule has 0 nitrogen and oxygen atoms in total. The lowest BCUT2D eigenvalue weighted by molar-refractivity contribution is 0.612. The lowest BCUT2D eigenvalue weighted by atomic mass is 10.2. The van der Waals surface area contributed by atoms with Crippen LogP contribution in [0, 0.1) is 5.92 Å². The third-order valence-electron chi connectivity index (χ3n) is 0.815. The molecule has 0 heteroatoms. The van der Waals surface area contributed by atoms with Crippen LogP contribution in [-0.2, 0) is 0 Å². The van der Waals surface area contributed by atoms with E-state index in [1.165, 1.54) is 0 Å². The van der Waals surface area contributed by atoms with Crippen molar-refractivity contribution in [1.82, 2.24) is 0 Å². The predicted octanol–water partition coefficient (Wildman–Crippen LogP) is 2.20. The Hall–Kier alpha value is 0. The summed E-state index contributed by atoms with van der Waals surface area (Å²) in [4.78, 5) is 0. The highest BCUT2D eigenvalue weighted by Crippen LogP contribution is 2.22. The van der Waals surface area contributed by atoms with Crippen molar-refractivity contribution in [3.05, 3.63) is 0 Å². The van der Waals surface area contributed by atoms with E-state index < -0.39 is 25.0 Å². The van der Waals surface area contributed by atoms with Crippen LogP contribution in [0.5, 0.6) is 0 Å². The first-order valence-corrected chi connectivity index (χ1v) is 2.13. The summed E-state index contributed by atoms with van der Waals surface area (Å²) >= 11 is 0. The van der Waals surface area contributed by atoms with Crippen LogP contribution in [0.25, 0.3) is 0 Å². The van der Waals surface area contributed by atoms with Gasteiger partial charge in [0, 0.05) is 8.22 Å². The zero-order valence-corrected chi connectivity index (χ0v) is 3.78. The monoisotopic (exact) mass is 90.1 g/mol. The van der Waals surface area contributed by atoms with E-state index >= 15 is 0 Å². The van der Waals surface area contributed by atoms with Gasteiger partial charge in [0.25, 0.3) is 0 Å². The normalized spacial score (nSPS) is 74.5. The smallest absolute Gasteiger partial charge is 0.0269 e. The van der Waals surface area contributed by atoms with Gasteiger partial charge in [-0.15, -0.1) is 0 Å². The molecule has 1 aliphatic rings. The number of hydrogen-bond donors (Lipinski definition) is 0. The van der Waals surface area contributed by atoms with Gasteiger partial charge in [0.2, 0.25) is 0 Å². The van der Waals surface area contributed by atoms with Crippen molar-refractivity contribution in [2.24, 2.45) is 5.92 Å². The van der Waals surface area contributed by atoms with Gasteiger partial charge >= 0.3 is 0 Å². The highest BCUT2D eigenvalue weighted by atomic mass is 14.1. The first-order chi connectivity index (χ1) is 5.13. The maximum Gasteiger partial charge on any atom is 0.0269 e. The second-order valence-corrected chi connectivity index (χ2v) is 1.55. The van der Waals surface area contributed by atoms with Crippen molar-refractivity contribution < 1.29 is 8.22 Å². The zero-order valence-electron chi connectivity index (χ0n) is 9.78. The Balaban J connectivity index is 3.10. The average Bonchev–Trinajstić information content (AvgIpc) is 1.92. The maximum absolute atomic E-state index is 7.40. The van der Waals surface area contributed by atoms with Crippen LogP contribution >= 0.6 is 0 Å². The van der Waals surface area contributed by atoms with Gasteiger partial charge in [0.15, 0.2) is 0 Å². The molecule has 6 heavy (non-hydrogen) atoms. The molecule has 1 unspecified atom stereocenters. The number of rotatable bonds is 0. The van der Waals surface area contributed by atoms with Crippen LogP contribution < -0.4 is 0 Å². The SMILES string of the molecule is [2H]C1([2H])CC(C)C([2H])([2H])C1([2H])[2H]. The van der Waals surface area contributed by atoms with Gasteiger partial charge in [-0.3, -0.25) is 0 Å². The standard InChI is InChI=1S/C6H12/c1-6-4-2-3-5-6/h6H,2-5H2,1H3/i2D2,3D2,4D2. The molecule has 1 fully saturated rings. The first kappa shape index (κ1) is 1.04. The predicted molar refractivity (Wildman–Crippen MR) is 27.6 cm³/mol. The Kier molecular flexibility index (Phi) is 0.283. The van der Waals surface area contributed by atoms with E-state index in [1.807, 2.05) is 0 Å². The summed E-state index contributed by atoms with van der Waals surface area (Å²) in [6, 6.07) is 0. The molecule has 36 valence electrons. The molecule has 0 aromatic carbocycles. The van der Waals surface area contributed by atoms with Crippen LogP contribution in [0.1, 0.15) is 40.7 Å². The summed E-state index contributed by atoms with van der Waals surface area (Å²) in [5.74, 6) is -0.567. The summed E-state index contributed by atoms with van der Waals surface area (Å²) in [5, 5.41) is 0. The molecule has 0 bridgehead atoms. The van der Waals surface area contributed by atoms with Gasteiger partial charge in [-0.2, -0.15) is 0 Å². The van der Waals surface area contributed by atoms with Gasteiger partial charge in [0.05, 0.1) is 0 Å². The van der Waals surface area contributed by atoms with E-state index in [0.29, 0.717) is 0 Å². The second kappa shape index (κ2) is 1.63. The second-order valence-electron chi connectivity index (χ2n) is 1.55. The summed E-state index contributed by atoms with van der Waals surface area (Å²) in [6.07, 6.45) is -6.53. The third-order valence-corrected chi connectivity index (χ3v) is 0.815. The lowest BCUT2D eigenvalue weighted by Gasteiger charge is -1.91. The van der Waals surface area contributed by atoms with E-state index in [9.17, 15) is 0 Å². The summed E-state index contributed by atoms with van der Waals surface area (Å²) in [7, 11) is 0.